The molecule has 0 amide bonds. The van der Waals surface area contributed by atoms with Gasteiger partial charge in [0.1, 0.15) is 5.75 Å². The van der Waals surface area contributed by atoms with Crippen LogP contribution < -0.4 is 4.74 Å². The number of halogens is 2. The van der Waals surface area contributed by atoms with Crippen molar-refractivity contribution in [2.75, 3.05) is 6.61 Å². The van der Waals surface area contributed by atoms with Gasteiger partial charge in [0, 0.05) is 5.56 Å². The molecule has 14 heavy (non-hydrogen) atoms. The van der Waals surface area contributed by atoms with Gasteiger partial charge in [-0.3, -0.25) is 4.79 Å². The summed E-state index contributed by atoms with van der Waals surface area (Å²) >= 11 is 8.68. The molecule has 0 spiro atoms. The first-order valence-corrected chi connectivity index (χ1v) is 5.44. The Kier molecular flexibility index (Phi) is 4.42. The molecule has 1 aromatic carbocycles. The van der Waals surface area contributed by atoms with Crippen LogP contribution in [-0.2, 0) is 0 Å². The minimum Gasteiger partial charge on any atom is -0.492 e. The second-order valence-corrected chi connectivity index (χ2v) is 3.96. The number of hydrogen-bond acceptors (Lipinski definition) is 2. The van der Waals surface area contributed by atoms with Crippen LogP contribution >= 0.6 is 27.5 Å². The second kappa shape index (κ2) is 5.37. The van der Waals surface area contributed by atoms with Crippen LogP contribution in [0.2, 0.25) is 0 Å². The average molecular weight is 278 g/mol. The van der Waals surface area contributed by atoms with Crippen molar-refractivity contribution in [1.82, 2.24) is 0 Å². The van der Waals surface area contributed by atoms with Gasteiger partial charge in [0.15, 0.2) is 0 Å². The van der Waals surface area contributed by atoms with Gasteiger partial charge in [0.05, 0.1) is 11.1 Å². The molecule has 0 atom stereocenters. The molecule has 0 N–H and O–H groups in total. The SMILES string of the molecule is CCCOc1cc(C(=O)Cl)ccc1Br. The lowest BCUT2D eigenvalue weighted by Gasteiger charge is -2.07. The van der Waals surface area contributed by atoms with E-state index in [0.29, 0.717) is 17.9 Å². The van der Waals surface area contributed by atoms with Gasteiger partial charge in [0.25, 0.3) is 5.24 Å². The Bertz CT molecular complexity index is 339. The smallest absolute Gasteiger partial charge is 0.252 e. The Labute approximate surface area is 96.3 Å². The fourth-order valence-electron chi connectivity index (χ4n) is 0.948. The summed E-state index contributed by atoms with van der Waals surface area (Å²) in [5.74, 6) is 0.651. The highest BCUT2D eigenvalue weighted by molar-refractivity contribution is 9.10. The van der Waals surface area contributed by atoms with Crippen LogP contribution in [0, 0.1) is 0 Å². The van der Waals surface area contributed by atoms with Crippen LogP contribution in [0.5, 0.6) is 5.75 Å². The molecule has 2 nitrogen and oxygen atoms in total. The topological polar surface area (TPSA) is 26.3 Å². The number of benzene rings is 1. The van der Waals surface area contributed by atoms with Crippen molar-refractivity contribution in [2.45, 2.75) is 13.3 Å². The van der Waals surface area contributed by atoms with E-state index >= 15 is 0 Å². The zero-order valence-electron chi connectivity index (χ0n) is 7.72. The summed E-state index contributed by atoms with van der Waals surface area (Å²) in [7, 11) is 0. The standard InChI is InChI=1S/C10H10BrClO2/c1-2-5-14-9-6-7(10(12)13)3-4-8(9)11/h3-4,6H,2,5H2,1H3. The van der Waals surface area contributed by atoms with E-state index in [1.807, 2.05) is 6.92 Å². The first-order valence-electron chi connectivity index (χ1n) is 4.27. The molecule has 0 radical (unpaired) electrons. The molecule has 0 saturated carbocycles. The van der Waals surface area contributed by atoms with Gasteiger partial charge >= 0.3 is 0 Å². The third-order valence-electron chi connectivity index (χ3n) is 1.62. The molecule has 0 heterocycles. The molecule has 1 aromatic rings. The molecule has 0 aliphatic rings. The van der Waals surface area contributed by atoms with Crippen molar-refractivity contribution in [3.63, 3.8) is 0 Å². The van der Waals surface area contributed by atoms with Gasteiger partial charge in [-0.2, -0.15) is 0 Å². The van der Waals surface area contributed by atoms with E-state index in [1.54, 1.807) is 18.2 Å². The highest BCUT2D eigenvalue weighted by Gasteiger charge is 2.06. The van der Waals surface area contributed by atoms with Crippen molar-refractivity contribution in [3.05, 3.63) is 28.2 Å². The Morgan fingerprint density at radius 1 is 1.57 bits per heavy atom. The van der Waals surface area contributed by atoms with Crippen molar-refractivity contribution in [1.29, 1.82) is 0 Å². The summed E-state index contributed by atoms with van der Waals surface area (Å²) in [6, 6.07) is 5.04. The zero-order chi connectivity index (χ0) is 10.6. The lowest BCUT2D eigenvalue weighted by atomic mass is 10.2. The van der Waals surface area contributed by atoms with E-state index in [4.69, 9.17) is 16.3 Å². The quantitative estimate of drug-likeness (QED) is 0.786. The van der Waals surface area contributed by atoms with E-state index in [9.17, 15) is 4.79 Å². The molecule has 0 fully saturated rings. The van der Waals surface area contributed by atoms with Gasteiger partial charge in [-0.05, 0) is 52.2 Å². The van der Waals surface area contributed by atoms with E-state index in [-0.39, 0.29) is 0 Å². The third kappa shape index (κ3) is 3.00. The summed E-state index contributed by atoms with van der Waals surface area (Å²) in [4.78, 5) is 10.9. The number of hydrogen-bond donors (Lipinski definition) is 0. The number of carbonyl (C=O) groups excluding carboxylic acids is 1. The van der Waals surface area contributed by atoms with Crippen LogP contribution in [0.4, 0.5) is 0 Å². The summed E-state index contributed by atoms with van der Waals surface area (Å²) in [6.45, 7) is 2.64. The maximum absolute atomic E-state index is 10.9. The van der Waals surface area contributed by atoms with Crippen LogP contribution in [0.3, 0.4) is 0 Å². The first-order chi connectivity index (χ1) is 6.65. The monoisotopic (exact) mass is 276 g/mol. The summed E-state index contributed by atoms with van der Waals surface area (Å²) in [6.07, 6.45) is 0.922. The lowest BCUT2D eigenvalue weighted by Crippen LogP contribution is -1.97. The Hall–Kier alpha value is -0.540. The highest BCUT2D eigenvalue weighted by atomic mass is 79.9. The third-order valence-corrected chi connectivity index (χ3v) is 2.49. The molecule has 76 valence electrons. The van der Waals surface area contributed by atoms with Crippen molar-refractivity contribution in [3.8, 4) is 5.75 Å². The molecule has 0 aliphatic heterocycles. The predicted octanol–water partition coefficient (Wildman–Crippen LogP) is 3.62. The minimum absolute atomic E-state index is 0.445. The van der Waals surface area contributed by atoms with Crippen molar-refractivity contribution in [2.24, 2.45) is 0 Å². The first kappa shape index (κ1) is 11.5. The second-order valence-electron chi connectivity index (χ2n) is 2.77. The van der Waals surface area contributed by atoms with Gasteiger partial charge < -0.3 is 4.74 Å². The Morgan fingerprint density at radius 2 is 2.29 bits per heavy atom. The Morgan fingerprint density at radius 3 is 2.86 bits per heavy atom. The summed E-state index contributed by atoms with van der Waals surface area (Å²) in [5.41, 5.74) is 0.445. The largest absolute Gasteiger partial charge is 0.492 e. The Balaban J connectivity index is 2.90. The van der Waals surface area contributed by atoms with Gasteiger partial charge in [-0.25, -0.2) is 0 Å². The molecule has 0 bridgehead atoms. The zero-order valence-corrected chi connectivity index (χ0v) is 10.1. The maximum Gasteiger partial charge on any atom is 0.252 e. The van der Waals surface area contributed by atoms with E-state index in [1.165, 1.54) is 0 Å². The van der Waals surface area contributed by atoms with Crippen LogP contribution in [0.25, 0.3) is 0 Å². The minimum atomic E-state index is -0.473. The maximum atomic E-state index is 10.9. The van der Waals surface area contributed by atoms with Crippen LogP contribution in [0.1, 0.15) is 23.7 Å². The van der Waals surface area contributed by atoms with Crippen LogP contribution in [0.15, 0.2) is 22.7 Å². The van der Waals surface area contributed by atoms with Crippen molar-refractivity contribution >= 4 is 32.8 Å². The number of carbonyl (C=O) groups is 1. The summed E-state index contributed by atoms with van der Waals surface area (Å²) < 4.78 is 6.25. The van der Waals surface area contributed by atoms with Crippen molar-refractivity contribution < 1.29 is 9.53 Å². The molecule has 0 aliphatic carbocycles. The summed E-state index contributed by atoms with van der Waals surface area (Å²) in [5, 5.41) is -0.473. The molecule has 0 unspecified atom stereocenters. The average Bonchev–Trinajstić information content (AvgIpc) is 2.16. The molecule has 0 saturated heterocycles. The van der Waals surface area contributed by atoms with E-state index in [2.05, 4.69) is 15.9 Å². The predicted molar refractivity (Wildman–Crippen MR) is 60.1 cm³/mol. The van der Waals surface area contributed by atoms with Gasteiger partial charge in [-0.15, -0.1) is 0 Å². The van der Waals surface area contributed by atoms with E-state index < -0.39 is 5.24 Å². The highest BCUT2D eigenvalue weighted by Crippen LogP contribution is 2.26. The number of ether oxygens (including phenoxy) is 1. The molecule has 4 heteroatoms. The molecular weight excluding hydrogens is 267 g/mol. The molecular formula is C10H10BrClO2. The fourth-order valence-corrected chi connectivity index (χ4v) is 1.43. The lowest BCUT2D eigenvalue weighted by molar-refractivity contribution is 0.108. The van der Waals surface area contributed by atoms with Gasteiger partial charge in [0.2, 0.25) is 0 Å². The fraction of sp³-hybridized carbons (Fsp3) is 0.300. The molecule has 0 aromatic heterocycles. The van der Waals surface area contributed by atoms with Crippen LogP contribution in [-0.4, -0.2) is 11.8 Å². The normalized spacial score (nSPS) is 9.93. The number of rotatable bonds is 4. The van der Waals surface area contributed by atoms with Gasteiger partial charge in [-0.1, -0.05) is 6.92 Å². The molecule has 1 rings (SSSR count). The van der Waals surface area contributed by atoms with E-state index in [0.717, 1.165) is 10.9 Å².